The number of unbranched alkanes of at least 4 members (excludes halogenated alkanes) is 1. The lowest BCUT2D eigenvalue weighted by molar-refractivity contribution is 0.201. The van der Waals surface area contributed by atoms with Crippen molar-refractivity contribution in [1.82, 2.24) is 20.2 Å². The molecule has 1 N–H and O–H groups in total. The normalized spacial score (nSPS) is 14.5. The summed E-state index contributed by atoms with van der Waals surface area (Å²) < 4.78 is 13.8. The summed E-state index contributed by atoms with van der Waals surface area (Å²) in [5.74, 6) is 1.43. The largest absolute Gasteiger partial charge is 0.354 e. The lowest BCUT2D eigenvalue weighted by atomic mass is 10.0. The first-order valence-corrected chi connectivity index (χ1v) is 11.4. The third kappa shape index (κ3) is 6.15. The van der Waals surface area contributed by atoms with E-state index in [1.54, 1.807) is 12.1 Å². The van der Waals surface area contributed by atoms with Crippen LogP contribution in [0.25, 0.3) is 0 Å². The lowest BCUT2D eigenvalue weighted by Crippen LogP contribution is -2.42. The molecule has 2 aromatic rings. The summed E-state index contributed by atoms with van der Waals surface area (Å²) >= 11 is 0. The molecule has 1 aromatic carbocycles. The number of benzene rings is 1. The summed E-state index contributed by atoms with van der Waals surface area (Å²) in [5.41, 5.74) is 2.97. The van der Waals surface area contributed by atoms with Crippen LogP contribution in [0.1, 0.15) is 55.8 Å². The number of nitrogens with zero attached hydrogens (tertiary/aromatic N) is 4. The Morgan fingerprint density at radius 2 is 2.00 bits per heavy atom. The molecule has 1 saturated heterocycles. The van der Waals surface area contributed by atoms with Crippen molar-refractivity contribution in [3.05, 3.63) is 52.7 Å². The Bertz CT molecular complexity index is 888. The Hall–Kier alpha value is -2.70. The SMILES string of the molecule is CCCCNC(=O)N1CCCN(c2nc(C)nc(CC)c2Cc2cccc(F)c2)CC1. The number of amides is 2. The summed E-state index contributed by atoms with van der Waals surface area (Å²) in [5, 5.41) is 3.02. The third-order valence-electron chi connectivity index (χ3n) is 5.68. The van der Waals surface area contributed by atoms with E-state index in [0.717, 1.165) is 80.3 Å². The highest BCUT2D eigenvalue weighted by Crippen LogP contribution is 2.26. The number of aromatic nitrogens is 2. The Morgan fingerprint density at radius 1 is 1.16 bits per heavy atom. The molecule has 6 nitrogen and oxygen atoms in total. The fourth-order valence-corrected chi connectivity index (χ4v) is 4.04. The van der Waals surface area contributed by atoms with Gasteiger partial charge in [0.05, 0.1) is 0 Å². The van der Waals surface area contributed by atoms with Gasteiger partial charge in [0.1, 0.15) is 17.5 Å². The molecule has 0 aliphatic carbocycles. The average molecular weight is 428 g/mol. The Labute approximate surface area is 184 Å². The minimum atomic E-state index is -0.232. The van der Waals surface area contributed by atoms with Gasteiger partial charge in [0.15, 0.2) is 0 Å². The first-order valence-electron chi connectivity index (χ1n) is 11.4. The zero-order valence-electron chi connectivity index (χ0n) is 19.0. The molecule has 1 aromatic heterocycles. The van der Waals surface area contributed by atoms with Crippen LogP contribution < -0.4 is 10.2 Å². The van der Waals surface area contributed by atoms with Crippen LogP contribution >= 0.6 is 0 Å². The lowest BCUT2D eigenvalue weighted by Gasteiger charge is -2.26. The monoisotopic (exact) mass is 427 g/mol. The quantitative estimate of drug-likeness (QED) is 0.676. The molecule has 31 heavy (non-hydrogen) atoms. The van der Waals surface area contributed by atoms with Crippen molar-refractivity contribution < 1.29 is 9.18 Å². The molecule has 0 atom stereocenters. The van der Waals surface area contributed by atoms with Gasteiger partial charge in [-0.3, -0.25) is 0 Å². The first kappa shape index (κ1) is 23.0. The zero-order chi connectivity index (χ0) is 22.2. The van der Waals surface area contributed by atoms with Gasteiger partial charge < -0.3 is 15.1 Å². The van der Waals surface area contributed by atoms with Crippen molar-refractivity contribution in [3.63, 3.8) is 0 Å². The number of carbonyl (C=O) groups is 1. The average Bonchev–Trinajstić information content (AvgIpc) is 3.01. The molecular formula is C24H34FN5O. The van der Waals surface area contributed by atoms with Gasteiger partial charge in [0, 0.05) is 50.4 Å². The first-order chi connectivity index (χ1) is 15.0. The minimum absolute atomic E-state index is 0.0170. The number of halogens is 1. The number of urea groups is 1. The maximum atomic E-state index is 13.8. The number of nitrogens with one attached hydrogen (secondary N) is 1. The molecule has 0 unspecified atom stereocenters. The van der Waals surface area contributed by atoms with Crippen molar-refractivity contribution in [2.24, 2.45) is 0 Å². The number of anilines is 1. The molecule has 2 heterocycles. The van der Waals surface area contributed by atoms with Crippen molar-refractivity contribution in [3.8, 4) is 0 Å². The van der Waals surface area contributed by atoms with Crippen molar-refractivity contribution in [1.29, 1.82) is 0 Å². The fraction of sp³-hybridized carbons (Fsp3) is 0.542. The molecular weight excluding hydrogens is 393 g/mol. The third-order valence-corrected chi connectivity index (χ3v) is 5.68. The van der Waals surface area contributed by atoms with E-state index in [9.17, 15) is 9.18 Å². The highest BCUT2D eigenvalue weighted by molar-refractivity contribution is 5.74. The predicted octanol–water partition coefficient (Wildman–Crippen LogP) is 4.10. The molecule has 7 heteroatoms. The zero-order valence-corrected chi connectivity index (χ0v) is 19.0. The van der Waals surface area contributed by atoms with Crippen LogP contribution in [0.3, 0.4) is 0 Å². The Kier molecular flexibility index (Phi) is 8.20. The van der Waals surface area contributed by atoms with E-state index in [2.05, 4.69) is 29.0 Å². The molecule has 1 aliphatic heterocycles. The number of carbonyl (C=O) groups excluding carboxylic acids is 1. The van der Waals surface area contributed by atoms with E-state index >= 15 is 0 Å². The van der Waals surface area contributed by atoms with E-state index < -0.39 is 0 Å². The van der Waals surface area contributed by atoms with Crippen molar-refractivity contribution in [2.45, 2.75) is 52.9 Å². The summed E-state index contributed by atoms with van der Waals surface area (Å²) in [6.07, 6.45) is 4.32. The number of aryl methyl sites for hydroxylation is 2. The maximum absolute atomic E-state index is 13.8. The van der Waals surface area contributed by atoms with Gasteiger partial charge in [-0.2, -0.15) is 0 Å². The standard InChI is InChI=1S/C24H34FN5O/c1-4-6-11-26-24(31)30-13-8-12-29(14-15-30)23-21(22(5-2)27-18(3)28-23)17-19-9-7-10-20(25)16-19/h7,9-10,16H,4-6,8,11-15,17H2,1-3H3,(H,26,31). The van der Waals surface area contributed by atoms with Crippen molar-refractivity contribution >= 4 is 11.8 Å². The summed E-state index contributed by atoms with van der Waals surface area (Å²) in [7, 11) is 0. The second-order valence-corrected chi connectivity index (χ2v) is 8.09. The minimum Gasteiger partial charge on any atom is -0.354 e. The second kappa shape index (κ2) is 11.1. The van der Waals surface area contributed by atoms with E-state index in [4.69, 9.17) is 4.98 Å². The molecule has 0 saturated carbocycles. The Morgan fingerprint density at radius 3 is 2.74 bits per heavy atom. The highest BCUT2D eigenvalue weighted by atomic mass is 19.1. The van der Waals surface area contributed by atoms with Crippen LogP contribution in [0, 0.1) is 12.7 Å². The van der Waals surface area contributed by atoms with Gasteiger partial charge in [-0.15, -0.1) is 0 Å². The smallest absolute Gasteiger partial charge is 0.317 e. The van der Waals surface area contributed by atoms with Gasteiger partial charge in [-0.05, 0) is 43.9 Å². The molecule has 0 bridgehead atoms. The molecule has 1 aliphatic rings. The Balaban J connectivity index is 1.81. The topological polar surface area (TPSA) is 61.4 Å². The van der Waals surface area contributed by atoms with E-state index in [1.165, 1.54) is 6.07 Å². The van der Waals surface area contributed by atoms with Crippen molar-refractivity contribution in [2.75, 3.05) is 37.6 Å². The van der Waals surface area contributed by atoms with E-state index in [0.29, 0.717) is 13.0 Å². The van der Waals surface area contributed by atoms with Crippen LogP contribution in [-0.4, -0.2) is 53.6 Å². The van der Waals surface area contributed by atoms with Gasteiger partial charge in [-0.25, -0.2) is 19.2 Å². The maximum Gasteiger partial charge on any atom is 0.317 e. The van der Waals surface area contributed by atoms with Gasteiger partial charge in [0.25, 0.3) is 0 Å². The number of hydrogen-bond donors (Lipinski definition) is 1. The van der Waals surface area contributed by atoms with E-state index in [-0.39, 0.29) is 11.8 Å². The fourth-order valence-electron chi connectivity index (χ4n) is 4.04. The second-order valence-electron chi connectivity index (χ2n) is 8.09. The van der Waals surface area contributed by atoms with Gasteiger partial charge in [0.2, 0.25) is 0 Å². The van der Waals surface area contributed by atoms with Crippen LogP contribution in [0.2, 0.25) is 0 Å². The van der Waals surface area contributed by atoms with Crippen LogP contribution in [0.5, 0.6) is 0 Å². The predicted molar refractivity (Wildman–Crippen MR) is 122 cm³/mol. The molecule has 3 rings (SSSR count). The van der Waals surface area contributed by atoms with E-state index in [1.807, 2.05) is 17.9 Å². The number of hydrogen-bond acceptors (Lipinski definition) is 4. The molecule has 2 amide bonds. The molecule has 0 spiro atoms. The van der Waals surface area contributed by atoms with Crippen LogP contribution in [0.15, 0.2) is 24.3 Å². The molecule has 168 valence electrons. The summed E-state index contributed by atoms with van der Waals surface area (Å²) in [6.45, 7) is 9.78. The summed E-state index contributed by atoms with van der Waals surface area (Å²) in [4.78, 5) is 26.1. The van der Waals surface area contributed by atoms with Gasteiger partial charge in [-0.1, -0.05) is 32.4 Å². The summed E-state index contributed by atoms with van der Waals surface area (Å²) in [6, 6.07) is 6.74. The molecule has 1 fully saturated rings. The number of rotatable bonds is 7. The van der Waals surface area contributed by atoms with Crippen LogP contribution in [-0.2, 0) is 12.8 Å². The molecule has 0 radical (unpaired) electrons. The van der Waals surface area contributed by atoms with Crippen LogP contribution in [0.4, 0.5) is 15.0 Å². The van der Waals surface area contributed by atoms with Gasteiger partial charge >= 0.3 is 6.03 Å². The highest BCUT2D eigenvalue weighted by Gasteiger charge is 2.23.